The number of aliphatic hydroxyl groups is 1. The molecule has 1 aliphatic heterocycles. The Morgan fingerprint density at radius 2 is 2.16 bits per heavy atom. The van der Waals surface area contributed by atoms with Gasteiger partial charge < -0.3 is 14.5 Å². The van der Waals surface area contributed by atoms with Crippen molar-refractivity contribution >= 4 is 5.91 Å². The molecule has 1 aliphatic carbocycles. The van der Waals surface area contributed by atoms with E-state index in [1.807, 2.05) is 19.1 Å². The molecule has 1 saturated heterocycles. The van der Waals surface area contributed by atoms with Gasteiger partial charge in [0, 0.05) is 43.4 Å². The van der Waals surface area contributed by atoms with E-state index < -0.39 is 6.10 Å². The molecule has 2 aliphatic rings. The van der Waals surface area contributed by atoms with E-state index in [0.717, 1.165) is 36.4 Å². The number of hydrogen-bond donors (Lipinski definition) is 1. The van der Waals surface area contributed by atoms with Crippen LogP contribution in [-0.2, 0) is 19.3 Å². The molecule has 25 heavy (non-hydrogen) atoms. The number of pyridine rings is 1. The van der Waals surface area contributed by atoms with Gasteiger partial charge >= 0.3 is 0 Å². The normalized spacial score (nSPS) is 22.9. The molecule has 0 radical (unpaired) electrons. The fraction of sp³-hybridized carbons (Fsp3) is 0.526. The Morgan fingerprint density at radius 3 is 2.96 bits per heavy atom. The third-order valence-corrected chi connectivity index (χ3v) is 5.25. The van der Waals surface area contributed by atoms with Crippen LogP contribution >= 0.6 is 0 Å². The van der Waals surface area contributed by atoms with Gasteiger partial charge in [0.05, 0.1) is 17.4 Å². The van der Waals surface area contributed by atoms with E-state index in [1.165, 1.54) is 12.0 Å². The average molecular weight is 341 g/mol. The minimum atomic E-state index is -0.542. The topological polar surface area (TPSA) is 79.5 Å². The van der Waals surface area contributed by atoms with E-state index in [4.69, 9.17) is 4.52 Å². The molecule has 0 saturated carbocycles. The molecule has 0 spiro atoms. The second-order valence-corrected chi connectivity index (χ2v) is 7.21. The predicted molar refractivity (Wildman–Crippen MR) is 91.2 cm³/mol. The number of aliphatic hydroxyl groups excluding tert-OH is 1. The van der Waals surface area contributed by atoms with Crippen LogP contribution in [0.2, 0.25) is 0 Å². The zero-order chi connectivity index (χ0) is 17.4. The molecule has 6 nitrogen and oxygen atoms in total. The van der Waals surface area contributed by atoms with E-state index >= 15 is 0 Å². The van der Waals surface area contributed by atoms with E-state index in [1.54, 1.807) is 11.1 Å². The number of rotatable bonds is 3. The van der Waals surface area contributed by atoms with Gasteiger partial charge in [-0.2, -0.15) is 0 Å². The molecule has 1 amide bonds. The van der Waals surface area contributed by atoms with Gasteiger partial charge in [0.1, 0.15) is 5.76 Å². The summed E-state index contributed by atoms with van der Waals surface area (Å²) < 4.78 is 5.24. The van der Waals surface area contributed by atoms with E-state index in [2.05, 4.69) is 10.1 Å². The van der Waals surface area contributed by atoms with Gasteiger partial charge in [-0.15, -0.1) is 0 Å². The van der Waals surface area contributed by atoms with Crippen molar-refractivity contribution < 1.29 is 14.4 Å². The van der Waals surface area contributed by atoms with Crippen molar-refractivity contribution in [2.75, 3.05) is 13.1 Å². The third-order valence-electron chi connectivity index (χ3n) is 5.25. The quantitative estimate of drug-likeness (QED) is 0.923. The molecule has 0 unspecified atom stereocenters. The highest BCUT2D eigenvalue weighted by molar-refractivity contribution is 5.94. The molecule has 3 heterocycles. The van der Waals surface area contributed by atoms with Crippen LogP contribution in [0.1, 0.15) is 45.9 Å². The van der Waals surface area contributed by atoms with Crippen LogP contribution in [0.5, 0.6) is 0 Å². The first kappa shape index (κ1) is 16.3. The average Bonchev–Trinajstić information content (AvgIpc) is 3.20. The standard InChI is InChI=1S/C19H23N3O3/c1-12-6-16(25-21-12)8-15-10-22(11-18(15)23)19(24)14-7-13-4-2-3-5-17(13)20-9-14/h6-7,9,15,18,23H,2-5,8,10-11H2,1H3/t15-,18+/m1/s1. The lowest BCUT2D eigenvalue weighted by Crippen LogP contribution is -2.30. The van der Waals surface area contributed by atoms with Crippen molar-refractivity contribution in [2.45, 2.75) is 45.1 Å². The Hall–Kier alpha value is -2.21. The zero-order valence-electron chi connectivity index (χ0n) is 14.4. The highest BCUT2D eigenvalue weighted by Gasteiger charge is 2.35. The number of aromatic nitrogens is 2. The molecule has 0 bridgehead atoms. The monoisotopic (exact) mass is 341 g/mol. The van der Waals surface area contributed by atoms with Crippen molar-refractivity contribution in [3.8, 4) is 0 Å². The number of likely N-dealkylation sites (tertiary alicyclic amines) is 1. The maximum atomic E-state index is 12.8. The molecular formula is C19H23N3O3. The molecule has 2 aromatic heterocycles. The summed E-state index contributed by atoms with van der Waals surface area (Å²) in [6, 6.07) is 3.87. The molecule has 0 aromatic carbocycles. The number of hydrogen-bond acceptors (Lipinski definition) is 5. The Morgan fingerprint density at radius 1 is 1.32 bits per heavy atom. The summed E-state index contributed by atoms with van der Waals surface area (Å²) in [5, 5.41) is 14.2. The van der Waals surface area contributed by atoms with Gasteiger partial charge in [0.2, 0.25) is 0 Å². The fourth-order valence-corrected chi connectivity index (χ4v) is 3.88. The van der Waals surface area contributed by atoms with Gasteiger partial charge in [0.25, 0.3) is 5.91 Å². The number of fused-ring (bicyclic) bond motifs is 1. The maximum absolute atomic E-state index is 12.8. The first-order chi connectivity index (χ1) is 12.1. The summed E-state index contributed by atoms with van der Waals surface area (Å²) in [7, 11) is 0. The molecule has 2 atom stereocenters. The number of amides is 1. The van der Waals surface area contributed by atoms with Crippen LogP contribution < -0.4 is 0 Å². The fourth-order valence-electron chi connectivity index (χ4n) is 3.88. The van der Waals surface area contributed by atoms with Crippen LogP contribution in [0.3, 0.4) is 0 Å². The molecule has 6 heteroatoms. The van der Waals surface area contributed by atoms with Crippen LogP contribution in [-0.4, -0.2) is 45.2 Å². The molecule has 1 N–H and O–H groups in total. The van der Waals surface area contributed by atoms with Gasteiger partial charge in [-0.3, -0.25) is 9.78 Å². The van der Waals surface area contributed by atoms with Crippen LogP contribution in [0, 0.1) is 12.8 Å². The molecular weight excluding hydrogens is 318 g/mol. The lowest BCUT2D eigenvalue weighted by atomic mass is 9.95. The first-order valence-electron chi connectivity index (χ1n) is 8.97. The second kappa shape index (κ2) is 6.59. The minimum absolute atomic E-state index is 0.0260. The lowest BCUT2D eigenvalue weighted by molar-refractivity contribution is 0.0764. The number of β-amino-alcohol motifs (C(OH)–C–C–N with tert-alkyl or cyclic N) is 1. The maximum Gasteiger partial charge on any atom is 0.255 e. The molecule has 132 valence electrons. The van der Waals surface area contributed by atoms with Crippen molar-refractivity contribution in [3.63, 3.8) is 0 Å². The number of nitrogens with zero attached hydrogens (tertiary/aromatic N) is 3. The number of carbonyl (C=O) groups excluding carboxylic acids is 1. The summed E-state index contributed by atoms with van der Waals surface area (Å²) in [5.74, 6) is 0.685. The third kappa shape index (κ3) is 3.31. The summed E-state index contributed by atoms with van der Waals surface area (Å²) >= 11 is 0. The van der Waals surface area contributed by atoms with Gasteiger partial charge in [-0.05, 0) is 44.2 Å². The molecule has 4 rings (SSSR count). The van der Waals surface area contributed by atoms with Crippen molar-refractivity contribution in [1.82, 2.24) is 15.0 Å². The van der Waals surface area contributed by atoms with Crippen LogP contribution in [0.15, 0.2) is 22.9 Å². The zero-order valence-corrected chi connectivity index (χ0v) is 14.4. The number of carbonyl (C=O) groups is 1. The van der Waals surface area contributed by atoms with Gasteiger partial charge in [-0.25, -0.2) is 0 Å². The SMILES string of the molecule is Cc1cc(C[C@@H]2CN(C(=O)c3cnc4c(c3)CCCC4)C[C@@H]2O)on1. The number of aryl methyl sites for hydroxylation is 3. The van der Waals surface area contributed by atoms with E-state index in [9.17, 15) is 9.90 Å². The Labute approximate surface area is 146 Å². The highest BCUT2D eigenvalue weighted by Crippen LogP contribution is 2.25. The highest BCUT2D eigenvalue weighted by atomic mass is 16.5. The van der Waals surface area contributed by atoms with E-state index in [0.29, 0.717) is 25.1 Å². The van der Waals surface area contributed by atoms with Gasteiger partial charge in [-0.1, -0.05) is 5.16 Å². The Kier molecular flexibility index (Phi) is 4.29. The summed E-state index contributed by atoms with van der Waals surface area (Å²) in [6.07, 6.45) is 6.08. The Balaban J connectivity index is 1.46. The van der Waals surface area contributed by atoms with Crippen molar-refractivity contribution in [2.24, 2.45) is 5.92 Å². The minimum Gasteiger partial charge on any atom is -0.391 e. The second-order valence-electron chi connectivity index (χ2n) is 7.21. The Bertz CT molecular complexity index is 786. The van der Waals surface area contributed by atoms with Crippen molar-refractivity contribution in [1.29, 1.82) is 0 Å². The van der Waals surface area contributed by atoms with Gasteiger partial charge in [0.15, 0.2) is 0 Å². The lowest BCUT2D eigenvalue weighted by Gasteiger charge is -2.19. The summed E-state index contributed by atoms with van der Waals surface area (Å²) in [6.45, 7) is 2.75. The predicted octanol–water partition coefficient (Wildman–Crippen LogP) is 1.93. The largest absolute Gasteiger partial charge is 0.391 e. The van der Waals surface area contributed by atoms with E-state index in [-0.39, 0.29) is 11.8 Å². The molecule has 2 aromatic rings. The smallest absolute Gasteiger partial charge is 0.255 e. The summed E-state index contributed by atoms with van der Waals surface area (Å²) in [4.78, 5) is 19.0. The van der Waals surface area contributed by atoms with Crippen molar-refractivity contribution in [3.05, 3.63) is 46.6 Å². The van der Waals surface area contributed by atoms with Crippen LogP contribution in [0.4, 0.5) is 0 Å². The first-order valence-corrected chi connectivity index (χ1v) is 8.97. The molecule has 1 fully saturated rings. The van der Waals surface area contributed by atoms with Crippen LogP contribution in [0.25, 0.3) is 0 Å². The summed E-state index contributed by atoms with van der Waals surface area (Å²) in [5.41, 5.74) is 3.79.